The third-order valence-electron chi connectivity index (χ3n) is 2.45. The van der Waals surface area contributed by atoms with E-state index >= 15 is 0 Å². The molecule has 0 aliphatic heterocycles. The molecule has 14 heavy (non-hydrogen) atoms. The lowest BCUT2D eigenvalue weighted by Crippen LogP contribution is -2.47. The Balaban J connectivity index is 5.62. The van der Waals surface area contributed by atoms with Crippen LogP contribution in [0.15, 0.2) is 11.1 Å². The molecular weight excluding hydrogens is 188 g/mol. The lowest BCUT2D eigenvalue weighted by molar-refractivity contribution is -0.784. The van der Waals surface area contributed by atoms with E-state index in [1.165, 1.54) is 13.8 Å². The topological polar surface area (TPSA) is 86.3 Å². The maximum absolute atomic E-state index is 10.8. The Labute approximate surface area is 81.9 Å². The number of hydrogen-bond donors (Lipinski definition) is 0. The second-order valence-corrected chi connectivity index (χ2v) is 3.31. The van der Waals surface area contributed by atoms with Crippen molar-refractivity contribution in [3.05, 3.63) is 31.4 Å². The van der Waals surface area contributed by atoms with Crippen LogP contribution in [-0.2, 0) is 0 Å². The van der Waals surface area contributed by atoms with E-state index in [0.29, 0.717) is 5.57 Å². The van der Waals surface area contributed by atoms with Crippen LogP contribution in [0.4, 0.5) is 0 Å². The minimum atomic E-state index is -2.15. The summed E-state index contributed by atoms with van der Waals surface area (Å²) < 4.78 is 0. The van der Waals surface area contributed by atoms with Crippen LogP contribution in [0.3, 0.4) is 0 Å². The summed E-state index contributed by atoms with van der Waals surface area (Å²) >= 11 is 0. The van der Waals surface area contributed by atoms with Crippen molar-refractivity contribution in [1.29, 1.82) is 0 Å². The van der Waals surface area contributed by atoms with Gasteiger partial charge in [-0.2, -0.15) is 0 Å². The SMILES string of the molecule is CCC(C(C)=C(C)C)([N+](=O)[O-])[N+](=O)[O-]. The summed E-state index contributed by atoms with van der Waals surface area (Å²) in [5.74, 6) is 0. The van der Waals surface area contributed by atoms with Crippen LogP contribution in [0, 0.1) is 20.2 Å². The highest BCUT2D eigenvalue weighted by atomic mass is 16.7. The van der Waals surface area contributed by atoms with Crippen LogP contribution < -0.4 is 0 Å². The Morgan fingerprint density at radius 3 is 1.57 bits per heavy atom. The van der Waals surface area contributed by atoms with Crippen molar-refractivity contribution in [2.75, 3.05) is 0 Å². The van der Waals surface area contributed by atoms with Gasteiger partial charge in [0.25, 0.3) is 0 Å². The van der Waals surface area contributed by atoms with Crippen LogP contribution >= 0.6 is 0 Å². The number of rotatable bonds is 4. The molecular formula is C8H14N2O4. The molecule has 0 unspecified atom stereocenters. The van der Waals surface area contributed by atoms with Gasteiger partial charge in [0.2, 0.25) is 0 Å². The Morgan fingerprint density at radius 2 is 1.50 bits per heavy atom. The van der Waals surface area contributed by atoms with Crippen molar-refractivity contribution in [3.63, 3.8) is 0 Å². The average molecular weight is 202 g/mol. The number of hydrogen-bond acceptors (Lipinski definition) is 4. The molecule has 0 amide bonds. The fourth-order valence-corrected chi connectivity index (χ4v) is 1.26. The molecule has 80 valence electrons. The van der Waals surface area contributed by atoms with Crippen molar-refractivity contribution < 1.29 is 9.85 Å². The molecule has 0 fully saturated rings. The predicted octanol–water partition coefficient (Wildman–Crippen LogP) is 2.00. The molecule has 0 saturated heterocycles. The summed E-state index contributed by atoms with van der Waals surface area (Å²) in [6, 6.07) is 0. The van der Waals surface area contributed by atoms with E-state index in [1.54, 1.807) is 13.8 Å². The molecule has 0 bridgehead atoms. The van der Waals surface area contributed by atoms with Crippen molar-refractivity contribution >= 4 is 0 Å². The van der Waals surface area contributed by atoms with Gasteiger partial charge >= 0.3 is 5.66 Å². The average Bonchev–Trinajstić information content (AvgIpc) is 2.04. The highest BCUT2D eigenvalue weighted by molar-refractivity contribution is 5.15. The standard InChI is InChI=1S/C8H14N2O4/c1-5-8(9(11)12,10(13)14)7(4)6(2)3/h5H2,1-4H3. The third-order valence-corrected chi connectivity index (χ3v) is 2.45. The summed E-state index contributed by atoms with van der Waals surface area (Å²) in [4.78, 5) is 19.9. The molecule has 0 atom stereocenters. The highest BCUT2D eigenvalue weighted by Crippen LogP contribution is 2.27. The molecule has 0 heterocycles. The molecule has 6 nitrogen and oxygen atoms in total. The van der Waals surface area contributed by atoms with Gasteiger partial charge in [0, 0.05) is 0 Å². The first-order valence-electron chi connectivity index (χ1n) is 4.24. The molecule has 0 aromatic carbocycles. The molecule has 0 rings (SSSR count). The summed E-state index contributed by atoms with van der Waals surface area (Å²) in [5, 5.41) is 21.5. The first-order valence-corrected chi connectivity index (χ1v) is 4.24. The fraction of sp³-hybridized carbons (Fsp3) is 0.750. The van der Waals surface area contributed by atoms with Crippen LogP contribution in [0.1, 0.15) is 34.1 Å². The van der Waals surface area contributed by atoms with Gasteiger partial charge in [-0.3, -0.25) is 20.2 Å². The van der Waals surface area contributed by atoms with E-state index in [4.69, 9.17) is 0 Å². The second kappa shape index (κ2) is 4.17. The van der Waals surface area contributed by atoms with Crippen molar-refractivity contribution in [3.8, 4) is 0 Å². The van der Waals surface area contributed by atoms with E-state index in [9.17, 15) is 20.2 Å². The van der Waals surface area contributed by atoms with Crippen LogP contribution in [0.5, 0.6) is 0 Å². The fourth-order valence-electron chi connectivity index (χ4n) is 1.26. The van der Waals surface area contributed by atoms with Gasteiger partial charge in [-0.15, -0.1) is 0 Å². The van der Waals surface area contributed by atoms with Gasteiger partial charge in [0.1, 0.15) is 9.85 Å². The van der Waals surface area contributed by atoms with E-state index in [2.05, 4.69) is 0 Å². The summed E-state index contributed by atoms with van der Waals surface area (Å²) in [5.41, 5.74) is -1.34. The molecule has 0 aromatic heterocycles. The Kier molecular flexibility index (Phi) is 3.73. The smallest absolute Gasteiger partial charge is 0.258 e. The van der Waals surface area contributed by atoms with Gasteiger partial charge < -0.3 is 0 Å². The minimum Gasteiger partial charge on any atom is -0.258 e. The third kappa shape index (κ3) is 1.73. The number of allylic oxidation sites excluding steroid dienone is 1. The van der Waals surface area contributed by atoms with Crippen molar-refractivity contribution in [2.24, 2.45) is 0 Å². The molecule has 0 aliphatic carbocycles. The number of nitrogens with zero attached hydrogens (tertiary/aromatic N) is 2. The minimum absolute atomic E-state index is 0.149. The largest absolute Gasteiger partial charge is 0.480 e. The normalized spacial score (nSPS) is 10.9. The van der Waals surface area contributed by atoms with Crippen molar-refractivity contribution in [2.45, 2.75) is 39.8 Å². The van der Waals surface area contributed by atoms with Gasteiger partial charge in [0.05, 0.1) is 12.0 Å². The van der Waals surface area contributed by atoms with Crippen LogP contribution in [0.25, 0.3) is 0 Å². The van der Waals surface area contributed by atoms with Crippen LogP contribution in [0.2, 0.25) is 0 Å². The van der Waals surface area contributed by atoms with Crippen molar-refractivity contribution in [1.82, 2.24) is 0 Å². The van der Waals surface area contributed by atoms with E-state index in [1.807, 2.05) is 0 Å². The monoisotopic (exact) mass is 202 g/mol. The lowest BCUT2D eigenvalue weighted by Gasteiger charge is -2.17. The quantitative estimate of drug-likeness (QED) is 0.302. The summed E-state index contributed by atoms with van der Waals surface area (Å²) in [7, 11) is 0. The second-order valence-electron chi connectivity index (χ2n) is 3.31. The molecule has 0 N–H and O–H groups in total. The van der Waals surface area contributed by atoms with Gasteiger partial charge in [-0.05, 0) is 20.8 Å². The Morgan fingerprint density at radius 1 is 1.14 bits per heavy atom. The molecule has 0 saturated carbocycles. The molecule has 0 radical (unpaired) electrons. The zero-order valence-electron chi connectivity index (χ0n) is 8.73. The maximum atomic E-state index is 10.8. The summed E-state index contributed by atoms with van der Waals surface area (Å²) in [6.07, 6.45) is -0.149. The molecule has 0 spiro atoms. The summed E-state index contributed by atoms with van der Waals surface area (Å²) in [6.45, 7) is 6.14. The lowest BCUT2D eigenvalue weighted by atomic mass is 9.95. The number of nitro groups is 2. The molecule has 0 aliphatic rings. The van der Waals surface area contributed by atoms with Gasteiger partial charge in [0.15, 0.2) is 0 Å². The predicted molar refractivity (Wildman–Crippen MR) is 51.1 cm³/mol. The van der Waals surface area contributed by atoms with E-state index < -0.39 is 15.5 Å². The first kappa shape index (κ1) is 12.5. The first-order chi connectivity index (χ1) is 6.30. The zero-order valence-corrected chi connectivity index (χ0v) is 8.73. The van der Waals surface area contributed by atoms with Gasteiger partial charge in [-0.1, -0.05) is 12.5 Å². The molecule has 0 aromatic rings. The van der Waals surface area contributed by atoms with E-state index in [0.717, 1.165) is 0 Å². The zero-order chi connectivity index (χ0) is 11.5. The van der Waals surface area contributed by atoms with Crippen LogP contribution in [-0.4, -0.2) is 15.5 Å². The van der Waals surface area contributed by atoms with E-state index in [-0.39, 0.29) is 12.0 Å². The highest BCUT2D eigenvalue weighted by Gasteiger charge is 2.56. The van der Waals surface area contributed by atoms with Gasteiger partial charge in [-0.25, -0.2) is 0 Å². The Bertz CT molecular complexity index is 278. The maximum Gasteiger partial charge on any atom is 0.480 e. The Hall–Kier alpha value is -1.46. The molecule has 6 heteroatoms.